The summed E-state index contributed by atoms with van der Waals surface area (Å²) in [4.78, 5) is 14.6. The summed E-state index contributed by atoms with van der Waals surface area (Å²) in [5, 5.41) is 8.56. The number of nitrogens with two attached hydrogens (primary N) is 1. The molecule has 6 nitrogen and oxygen atoms in total. The van der Waals surface area contributed by atoms with Crippen molar-refractivity contribution in [3.05, 3.63) is 30.0 Å². The average Bonchev–Trinajstić information content (AvgIpc) is 2.84. The van der Waals surface area contributed by atoms with Crippen LogP contribution in [0.15, 0.2) is 24.3 Å². The van der Waals surface area contributed by atoms with E-state index in [0.29, 0.717) is 18.8 Å². The predicted molar refractivity (Wildman–Crippen MR) is 77.5 cm³/mol. The lowest BCUT2D eigenvalue weighted by molar-refractivity contribution is 0.0640. The molecule has 6 heteroatoms. The molecule has 0 saturated carbocycles. The fraction of sp³-hybridized carbons (Fsp3) is 0.429. The molecule has 1 unspecified atom stereocenters. The van der Waals surface area contributed by atoms with Gasteiger partial charge in [0.15, 0.2) is 5.69 Å². The number of carbonyl (C=O) groups is 1. The van der Waals surface area contributed by atoms with Gasteiger partial charge in [-0.25, -0.2) is 0 Å². The minimum Gasteiger partial charge on any atom is -0.330 e. The highest BCUT2D eigenvalue weighted by Gasteiger charge is 2.29. The number of nitrogens with one attached hydrogen (secondary N) is 1. The van der Waals surface area contributed by atoms with Crippen LogP contribution >= 0.6 is 0 Å². The third kappa shape index (κ3) is 2.07. The third-order valence-corrected chi connectivity index (χ3v) is 3.84. The molecule has 3 rings (SSSR count). The molecule has 1 aromatic carbocycles. The third-order valence-electron chi connectivity index (χ3n) is 3.84. The number of hydrogen-bond donors (Lipinski definition) is 2. The molecule has 1 aliphatic heterocycles. The van der Waals surface area contributed by atoms with Crippen molar-refractivity contribution in [2.75, 3.05) is 26.2 Å². The van der Waals surface area contributed by atoms with E-state index in [-0.39, 0.29) is 11.9 Å². The van der Waals surface area contributed by atoms with Gasteiger partial charge in [0.05, 0.1) is 11.6 Å². The summed E-state index contributed by atoms with van der Waals surface area (Å²) >= 11 is 0. The Bertz CT molecular complexity index is 636. The largest absolute Gasteiger partial charge is 0.330 e. The molecule has 3 N–H and O–H groups in total. The molecule has 0 aliphatic carbocycles. The van der Waals surface area contributed by atoms with Crippen LogP contribution in [0.25, 0.3) is 10.9 Å². The van der Waals surface area contributed by atoms with E-state index in [1.54, 1.807) is 4.68 Å². The lowest BCUT2D eigenvalue weighted by Crippen LogP contribution is -2.56. The second-order valence-corrected chi connectivity index (χ2v) is 5.08. The van der Waals surface area contributed by atoms with Crippen molar-refractivity contribution < 1.29 is 4.79 Å². The Morgan fingerprint density at radius 3 is 3.10 bits per heavy atom. The van der Waals surface area contributed by atoms with Gasteiger partial charge in [-0.05, 0) is 6.07 Å². The van der Waals surface area contributed by atoms with Crippen LogP contribution in [0.1, 0.15) is 10.5 Å². The van der Waals surface area contributed by atoms with Crippen molar-refractivity contribution in [2.45, 2.75) is 6.04 Å². The van der Waals surface area contributed by atoms with Crippen molar-refractivity contribution >= 4 is 16.8 Å². The van der Waals surface area contributed by atoms with E-state index >= 15 is 0 Å². The Morgan fingerprint density at radius 1 is 1.50 bits per heavy atom. The maximum Gasteiger partial charge on any atom is 0.275 e. The van der Waals surface area contributed by atoms with Crippen LogP contribution in [-0.4, -0.2) is 52.8 Å². The van der Waals surface area contributed by atoms with Crippen LogP contribution in [-0.2, 0) is 7.05 Å². The van der Waals surface area contributed by atoms with E-state index in [4.69, 9.17) is 5.73 Å². The van der Waals surface area contributed by atoms with Gasteiger partial charge in [0, 0.05) is 38.6 Å². The fourth-order valence-corrected chi connectivity index (χ4v) is 2.75. The van der Waals surface area contributed by atoms with E-state index in [1.807, 2.05) is 36.2 Å². The zero-order valence-corrected chi connectivity index (χ0v) is 11.5. The SMILES string of the molecule is Cn1nc(C(=O)N2CCNCC2CN)c2ccccc21. The summed E-state index contributed by atoms with van der Waals surface area (Å²) in [7, 11) is 1.86. The smallest absolute Gasteiger partial charge is 0.275 e. The van der Waals surface area contributed by atoms with Gasteiger partial charge in [-0.3, -0.25) is 9.48 Å². The van der Waals surface area contributed by atoms with Crippen molar-refractivity contribution in [1.29, 1.82) is 0 Å². The number of aryl methyl sites for hydroxylation is 1. The quantitative estimate of drug-likeness (QED) is 0.804. The maximum absolute atomic E-state index is 12.8. The number of nitrogens with zero attached hydrogens (tertiary/aromatic N) is 3. The van der Waals surface area contributed by atoms with Gasteiger partial charge in [-0.1, -0.05) is 18.2 Å². The van der Waals surface area contributed by atoms with E-state index in [9.17, 15) is 4.79 Å². The number of benzene rings is 1. The van der Waals surface area contributed by atoms with Crippen LogP contribution in [0.4, 0.5) is 0 Å². The van der Waals surface area contributed by atoms with E-state index in [2.05, 4.69) is 10.4 Å². The second-order valence-electron chi connectivity index (χ2n) is 5.08. The van der Waals surface area contributed by atoms with Gasteiger partial charge in [0.1, 0.15) is 0 Å². The Hall–Kier alpha value is -1.92. The van der Waals surface area contributed by atoms with E-state index in [0.717, 1.165) is 24.0 Å². The maximum atomic E-state index is 12.8. The number of piperazine rings is 1. The van der Waals surface area contributed by atoms with Crippen molar-refractivity contribution in [3.63, 3.8) is 0 Å². The molecular formula is C14H19N5O. The second kappa shape index (κ2) is 5.22. The average molecular weight is 273 g/mol. The number of carbonyl (C=O) groups excluding carboxylic acids is 1. The number of para-hydroxylation sites is 1. The molecule has 0 bridgehead atoms. The van der Waals surface area contributed by atoms with Gasteiger partial charge in [-0.15, -0.1) is 0 Å². The summed E-state index contributed by atoms with van der Waals surface area (Å²) in [6.07, 6.45) is 0. The molecule has 1 fully saturated rings. The van der Waals surface area contributed by atoms with Gasteiger partial charge < -0.3 is 16.0 Å². The Morgan fingerprint density at radius 2 is 2.30 bits per heavy atom. The summed E-state index contributed by atoms with van der Waals surface area (Å²) in [5.74, 6) is -0.0289. The summed E-state index contributed by atoms with van der Waals surface area (Å²) in [5.41, 5.74) is 7.25. The fourth-order valence-electron chi connectivity index (χ4n) is 2.75. The van der Waals surface area contributed by atoms with E-state index in [1.165, 1.54) is 0 Å². The van der Waals surface area contributed by atoms with Crippen LogP contribution in [0.2, 0.25) is 0 Å². The van der Waals surface area contributed by atoms with Gasteiger partial charge in [-0.2, -0.15) is 5.10 Å². The summed E-state index contributed by atoms with van der Waals surface area (Å²) in [6.45, 7) is 2.68. The van der Waals surface area contributed by atoms with Crippen molar-refractivity contribution in [3.8, 4) is 0 Å². The molecule has 106 valence electrons. The zero-order chi connectivity index (χ0) is 14.1. The van der Waals surface area contributed by atoms with Crippen molar-refractivity contribution in [2.24, 2.45) is 12.8 Å². The minimum atomic E-state index is -0.0289. The molecule has 1 aromatic heterocycles. The number of fused-ring (bicyclic) bond motifs is 1. The number of rotatable bonds is 2. The highest BCUT2D eigenvalue weighted by Crippen LogP contribution is 2.20. The van der Waals surface area contributed by atoms with E-state index < -0.39 is 0 Å². The van der Waals surface area contributed by atoms with Crippen LogP contribution in [0, 0.1) is 0 Å². The lowest BCUT2D eigenvalue weighted by atomic mass is 10.1. The summed E-state index contributed by atoms with van der Waals surface area (Å²) < 4.78 is 1.75. The van der Waals surface area contributed by atoms with Gasteiger partial charge >= 0.3 is 0 Å². The number of aromatic nitrogens is 2. The molecule has 20 heavy (non-hydrogen) atoms. The zero-order valence-electron chi connectivity index (χ0n) is 11.5. The molecule has 1 atom stereocenters. The monoisotopic (exact) mass is 273 g/mol. The lowest BCUT2D eigenvalue weighted by Gasteiger charge is -2.35. The molecule has 1 saturated heterocycles. The summed E-state index contributed by atoms with van der Waals surface area (Å²) in [6, 6.07) is 7.83. The number of amides is 1. The normalized spacial score (nSPS) is 19.5. The van der Waals surface area contributed by atoms with Crippen molar-refractivity contribution in [1.82, 2.24) is 20.0 Å². The molecule has 2 aromatic rings. The Kier molecular flexibility index (Phi) is 3.42. The molecule has 0 radical (unpaired) electrons. The van der Waals surface area contributed by atoms with Crippen LogP contribution in [0.3, 0.4) is 0 Å². The molecule has 1 amide bonds. The highest BCUT2D eigenvalue weighted by atomic mass is 16.2. The molecule has 1 aliphatic rings. The molecule has 0 spiro atoms. The van der Waals surface area contributed by atoms with Crippen LogP contribution in [0.5, 0.6) is 0 Å². The number of hydrogen-bond acceptors (Lipinski definition) is 4. The van der Waals surface area contributed by atoms with Crippen LogP contribution < -0.4 is 11.1 Å². The topological polar surface area (TPSA) is 76.2 Å². The Labute approximate surface area is 117 Å². The predicted octanol–water partition coefficient (Wildman–Crippen LogP) is -0.0540. The molecule has 2 heterocycles. The van der Waals surface area contributed by atoms with Gasteiger partial charge in [0.25, 0.3) is 5.91 Å². The molecular weight excluding hydrogens is 254 g/mol. The first-order valence-electron chi connectivity index (χ1n) is 6.86. The first-order valence-corrected chi connectivity index (χ1v) is 6.86. The van der Waals surface area contributed by atoms with Gasteiger partial charge in [0.2, 0.25) is 0 Å². The highest BCUT2D eigenvalue weighted by molar-refractivity contribution is 6.05. The standard InChI is InChI=1S/C14H19N5O/c1-18-12-5-3-2-4-11(12)13(17-18)14(20)19-7-6-16-9-10(19)8-15/h2-5,10,16H,6-9,15H2,1H3. The first kappa shape index (κ1) is 13.1. The Balaban J connectivity index is 2.00. The minimum absolute atomic E-state index is 0.0289. The first-order chi connectivity index (χ1) is 9.72.